The van der Waals surface area contributed by atoms with Gasteiger partial charge in [0.25, 0.3) is 0 Å². The molecule has 0 spiro atoms. The summed E-state index contributed by atoms with van der Waals surface area (Å²) in [6.07, 6.45) is 40.7. The molecule has 0 unspecified atom stereocenters. The smallest absolute Gasteiger partial charge is 0.462 e. The fourth-order valence-electron chi connectivity index (χ4n) is 6.13. The third-order valence-corrected chi connectivity index (χ3v) is 9.77. The minimum atomic E-state index is -4.75. The van der Waals surface area contributed by atoms with Gasteiger partial charge in [0, 0.05) is 12.8 Å². The van der Waals surface area contributed by atoms with E-state index in [4.69, 9.17) is 19.3 Å². The van der Waals surface area contributed by atoms with Crippen molar-refractivity contribution in [3.8, 4) is 0 Å². The second-order valence-corrected chi connectivity index (χ2v) is 15.6. The normalized spacial score (nSPS) is 12.5. The molecule has 0 rings (SSSR count). The molecule has 50 heavy (non-hydrogen) atoms. The second-order valence-electron chi connectivity index (χ2n) is 14.3. The van der Waals surface area contributed by atoms with Crippen molar-refractivity contribution in [1.82, 2.24) is 0 Å². The fourth-order valence-corrected chi connectivity index (χ4v) is 6.49. The highest BCUT2D eigenvalue weighted by atomic mass is 31.2. The minimum Gasteiger partial charge on any atom is -0.462 e. The van der Waals surface area contributed by atoms with Gasteiger partial charge in [0.1, 0.15) is 6.61 Å². The molecular formula is C41H79O8P. The lowest BCUT2D eigenvalue weighted by atomic mass is 10.0. The molecule has 0 aromatic heterocycles. The van der Waals surface area contributed by atoms with Crippen molar-refractivity contribution in [3.63, 3.8) is 0 Å². The first-order valence-corrected chi connectivity index (χ1v) is 22.5. The summed E-state index contributed by atoms with van der Waals surface area (Å²) in [6, 6.07) is 0. The predicted molar refractivity (Wildman–Crippen MR) is 207 cm³/mol. The maximum Gasteiger partial charge on any atom is 0.469 e. The summed E-state index contributed by atoms with van der Waals surface area (Å²) in [6.45, 7) is 3.70. The van der Waals surface area contributed by atoms with E-state index >= 15 is 0 Å². The van der Waals surface area contributed by atoms with Gasteiger partial charge in [-0.05, 0) is 38.5 Å². The number of phosphoric ester groups is 1. The summed E-state index contributed by atoms with van der Waals surface area (Å²) in [5.74, 6) is -0.878. The number of rotatable bonds is 39. The molecule has 0 saturated heterocycles. The molecule has 0 bridgehead atoms. The van der Waals surface area contributed by atoms with Crippen LogP contribution in [-0.4, -0.2) is 41.0 Å². The molecule has 0 fully saturated rings. The average molecular weight is 731 g/mol. The van der Waals surface area contributed by atoms with Crippen LogP contribution >= 0.6 is 7.82 Å². The lowest BCUT2D eigenvalue weighted by Gasteiger charge is -2.18. The first-order chi connectivity index (χ1) is 24.3. The highest BCUT2D eigenvalue weighted by Gasteiger charge is 2.22. The van der Waals surface area contributed by atoms with Crippen LogP contribution in [0.1, 0.15) is 219 Å². The quantitative estimate of drug-likeness (QED) is 0.0278. The van der Waals surface area contributed by atoms with Gasteiger partial charge in [0.2, 0.25) is 0 Å². The third-order valence-electron chi connectivity index (χ3n) is 9.28. The summed E-state index contributed by atoms with van der Waals surface area (Å²) in [7, 11) is -4.75. The van der Waals surface area contributed by atoms with E-state index in [1.165, 1.54) is 141 Å². The van der Waals surface area contributed by atoms with Crippen LogP contribution in [0.15, 0.2) is 12.2 Å². The Morgan fingerprint density at radius 2 is 0.840 bits per heavy atom. The topological polar surface area (TPSA) is 119 Å². The molecule has 1 atom stereocenters. The molecule has 0 aliphatic heterocycles. The van der Waals surface area contributed by atoms with Crippen molar-refractivity contribution in [2.45, 2.75) is 225 Å². The number of carbonyl (C=O) groups is 2. The molecule has 0 aromatic carbocycles. The molecule has 0 radical (unpaired) electrons. The lowest BCUT2D eigenvalue weighted by Crippen LogP contribution is -2.29. The monoisotopic (exact) mass is 731 g/mol. The lowest BCUT2D eigenvalue weighted by molar-refractivity contribution is -0.161. The maximum absolute atomic E-state index is 12.4. The Morgan fingerprint density at radius 1 is 0.500 bits per heavy atom. The molecule has 2 N–H and O–H groups in total. The van der Waals surface area contributed by atoms with Gasteiger partial charge in [0.15, 0.2) is 6.10 Å². The van der Waals surface area contributed by atoms with Crippen molar-refractivity contribution in [1.29, 1.82) is 0 Å². The number of ether oxygens (including phenoxy) is 2. The van der Waals surface area contributed by atoms with Gasteiger partial charge < -0.3 is 19.3 Å². The first kappa shape index (κ1) is 48.8. The van der Waals surface area contributed by atoms with Crippen LogP contribution in [0.4, 0.5) is 0 Å². The number of hydrogen-bond donors (Lipinski definition) is 2. The molecule has 0 saturated carbocycles. The third kappa shape index (κ3) is 39.6. The molecule has 9 heteroatoms. The molecule has 0 heterocycles. The summed E-state index contributed by atoms with van der Waals surface area (Å²) in [4.78, 5) is 42.8. The van der Waals surface area contributed by atoms with Gasteiger partial charge in [-0.3, -0.25) is 14.1 Å². The van der Waals surface area contributed by atoms with Gasteiger partial charge in [-0.25, -0.2) is 4.57 Å². The molecule has 0 aliphatic carbocycles. The van der Waals surface area contributed by atoms with Gasteiger partial charge in [-0.1, -0.05) is 180 Å². The van der Waals surface area contributed by atoms with E-state index in [1.807, 2.05) is 0 Å². The Hall–Kier alpha value is -1.21. The zero-order chi connectivity index (χ0) is 36.8. The van der Waals surface area contributed by atoms with E-state index in [9.17, 15) is 14.2 Å². The largest absolute Gasteiger partial charge is 0.469 e. The van der Waals surface area contributed by atoms with Crippen molar-refractivity contribution in [3.05, 3.63) is 12.2 Å². The maximum atomic E-state index is 12.4. The first-order valence-electron chi connectivity index (χ1n) is 21.0. The molecular weight excluding hydrogens is 651 g/mol. The van der Waals surface area contributed by atoms with E-state index in [0.717, 1.165) is 44.9 Å². The molecule has 0 aromatic rings. The van der Waals surface area contributed by atoms with E-state index in [1.54, 1.807) is 0 Å². The Kier molecular flexibility index (Phi) is 36.6. The number of allylic oxidation sites excluding steroid dienone is 2. The van der Waals surface area contributed by atoms with Gasteiger partial charge in [0.05, 0.1) is 6.61 Å². The van der Waals surface area contributed by atoms with Crippen LogP contribution in [0.25, 0.3) is 0 Å². The standard InChI is InChI=1S/C41H79O8P/c1-3-5-7-9-11-13-15-17-19-20-22-24-26-28-30-32-34-36-41(43)49-39(38-48-50(44,45)46)37-47-40(42)35-33-31-29-27-25-23-21-18-16-14-12-10-8-6-4-2/h17,19,39H,3-16,18,20-38H2,1-2H3,(H2,44,45,46)/b19-17-/t39-/m1/s1. The summed E-state index contributed by atoms with van der Waals surface area (Å²) < 4.78 is 26.4. The SMILES string of the molecule is CCCCCCCC/C=C\CCCCCCCCCC(=O)O[C@H](COC(=O)CCCCCCCCCCCCCCCCC)COP(=O)(O)O. The Balaban J connectivity index is 3.89. The number of hydrogen-bond acceptors (Lipinski definition) is 6. The van der Waals surface area contributed by atoms with Crippen LogP contribution < -0.4 is 0 Å². The number of esters is 2. The molecule has 8 nitrogen and oxygen atoms in total. The summed E-state index contributed by atoms with van der Waals surface area (Å²) in [5, 5.41) is 0. The van der Waals surface area contributed by atoms with Gasteiger partial charge in [-0.2, -0.15) is 0 Å². The van der Waals surface area contributed by atoms with Crippen molar-refractivity contribution >= 4 is 19.8 Å². The van der Waals surface area contributed by atoms with Crippen molar-refractivity contribution in [2.24, 2.45) is 0 Å². The number of phosphoric acid groups is 1. The zero-order valence-electron chi connectivity index (χ0n) is 32.6. The van der Waals surface area contributed by atoms with Gasteiger partial charge in [-0.15, -0.1) is 0 Å². The van der Waals surface area contributed by atoms with Crippen LogP contribution in [0.3, 0.4) is 0 Å². The van der Waals surface area contributed by atoms with E-state index < -0.39 is 32.5 Å². The number of carbonyl (C=O) groups excluding carboxylic acids is 2. The Morgan fingerprint density at radius 3 is 1.22 bits per heavy atom. The van der Waals surface area contributed by atoms with E-state index in [-0.39, 0.29) is 19.4 Å². The molecule has 296 valence electrons. The van der Waals surface area contributed by atoms with Crippen LogP contribution in [-0.2, 0) is 28.2 Å². The summed E-state index contributed by atoms with van der Waals surface area (Å²) in [5.41, 5.74) is 0. The highest BCUT2D eigenvalue weighted by molar-refractivity contribution is 7.46. The highest BCUT2D eigenvalue weighted by Crippen LogP contribution is 2.36. The Labute approximate surface area is 307 Å². The minimum absolute atomic E-state index is 0.211. The van der Waals surface area contributed by atoms with Crippen LogP contribution in [0, 0.1) is 0 Å². The fraction of sp³-hybridized carbons (Fsp3) is 0.902. The molecule has 0 amide bonds. The molecule has 0 aliphatic rings. The van der Waals surface area contributed by atoms with Crippen molar-refractivity contribution < 1.29 is 37.9 Å². The van der Waals surface area contributed by atoms with E-state index in [2.05, 4.69) is 30.5 Å². The van der Waals surface area contributed by atoms with Gasteiger partial charge >= 0.3 is 19.8 Å². The Bertz CT molecular complexity index is 827. The van der Waals surface area contributed by atoms with Crippen LogP contribution in [0.5, 0.6) is 0 Å². The zero-order valence-corrected chi connectivity index (χ0v) is 33.5. The van der Waals surface area contributed by atoms with Crippen LogP contribution in [0.2, 0.25) is 0 Å². The predicted octanol–water partition coefficient (Wildman–Crippen LogP) is 12.6. The average Bonchev–Trinajstić information content (AvgIpc) is 3.08. The number of unbranched alkanes of at least 4 members (excludes halogenated alkanes) is 27. The van der Waals surface area contributed by atoms with E-state index in [0.29, 0.717) is 6.42 Å². The summed E-state index contributed by atoms with van der Waals surface area (Å²) >= 11 is 0. The second kappa shape index (κ2) is 37.5. The van der Waals surface area contributed by atoms with Crippen molar-refractivity contribution in [2.75, 3.05) is 13.2 Å².